The third-order valence-corrected chi connectivity index (χ3v) is 4.87. The maximum absolute atomic E-state index is 11.4. The van der Waals surface area contributed by atoms with Gasteiger partial charge in [0.25, 0.3) is 5.69 Å². The van der Waals surface area contributed by atoms with E-state index in [0.717, 1.165) is 31.9 Å². The van der Waals surface area contributed by atoms with Gasteiger partial charge in [-0.3, -0.25) is 14.9 Å². The van der Waals surface area contributed by atoms with Crippen molar-refractivity contribution in [1.29, 1.82) is 0 Å². The molecule has 3 rings (SSSR count). The number of rotatable bonds is 4. The van der Waals surface area contributed by atoms with E-state index in [4.69, 9.17) is 12.2 Å². The number of carbonyl (C=O) groups is 1. The first-order valence-electron chi connectivity index (χ1n) is 8.60. The predicted molar refractivity (Wildman–Crippen MR) is 110 cm³/mol. The summed E-state index contributed by atoms with van der Waals surface area (Å²) in [7, 11) is 0. The zero-order valence-corrected chi connectivity index (χ0v) is 15.7. The SMILES string of the molecule is CC(=O)c1ccc(N2CCN(C(=S)Nc3cccc([N+](=O)[O-])c3)CC2)cc1. The second-order valence-corrected chi connectivity index (χ2v) is 6.70. The molecule has 1 N–H and O–H groups in total. The second-order valence-electron chi connectivity index (χ2n) is 6.31. The van der Waals surface area contributed by atoms with Crippen molar-refractivity contribution in [2.24, 2.45) is 0 Å². The molecule has 0 aliphatic carbocycles. The number of nitrogens with one attached hydrogen (secondary N) is 1. The minimum Gasteiger partial charge on any atom is -0.368 e. The normalized spacial score (nSPS) is 14.0. The summed E-state index contributed by atoms with van der Waals surface area (Å²) in [5, 5.41) is 14.5. The Morgan fingerprint density at radius 2 is 1.78 bits per heavy atom. The lowest BCUT2D eigenvalue weighted by Crippen LogP contribution is -2.50. The van der Waals surface area contributed by atoms with Crippen LogP contribution in [0.4, 0.5) is 17.1 Å². The first-order valence-corrected chi connectivity index (χ1v) is 9.01. The number of ketones is 1. The van der Waals surface area contributed by atoms with Crippen LogP contribution in [0.3, 0.4) is 0 Å². The molecule has 0 bridgehead atoms. The Labute approximate surface area is 162 Å². The van der Waals surface area contributed by atoms with Gasteiger partial charge in [-0.25, -0.2) is 0 Å². The van der Waals surface area contributed by atoms with Gasteiger partial charge < -0.3 is 15.1 Å². The molecule has 1 aliphatic rings. The second kappa shape index (κ2) is 8.13. The molecule has 1 saturated heterocycles. The van der Waals surface area contributed by atoms with Crippen LogP contribution >= 0.6 is 12.2 Å². The summed E-state index contributed by atoms with van der Waals surface area (Å²) in [5.74, 6) is 0.0592. The summed E-state index contributed by atoms with van der Waals surface area (Å²) in [4.78, 5) is 26.1. The molecule has 2 aromatic rings. The van der Waals surface area contributed by atoms with E-state index in [-0.39, 0.29) is 11.5 Å². The van der Waals surface area contributed by atoms with Crippen molar-refractivity contribution in [3.63, 3.8) is 0 Å². The lowest BCUT2D eigenvalue weighted by molar-refractivity contribution is -0.384. The molecule has 0 spiro atoms. The van der Waals surface area contributed by atoms with Gasteiger partial charge in [0.2, 0.25) is 0 Å². The van der Waals surface area contributed by atoms with Crippen LogP contribution in [0.15, 0.2) is 48.5 Å². The van der Waals surface area contributed by atoms with Crippen LogP contribution in [0, 0.1) is 10.1 Å². The number of hydrogen-bond donors (Lipinski definition) is 1. The third kappa shape index (κ3) is 4.59. The number of nitro benzene ring substituents is 1. The van der Waals surface area contributed by atoms with Crippen LogP contribution in [0.5, 0.6) is 0 Å². The van der Waals surface area contributed by atoms with E-state index < -0.39 is 4.92 Å². The van der Waals surface area contributed by atoms with E-state index in [9.17, 15) is 14.9 Å². The maximum Gasteiger partial charge on any atom is 0.271 e. The maximum atomic E-state index is 11.4. The van der Waals surface area contributed by atoms with Crippen LogP contribution in [0.1, 0.15) is 17.3 Å². The summed E-state index contributed by atoms with van der Waals surface area (Å²) in [6, 6.07) is 13.9. The van der Waals surface area contributed by atoms with Crippen LogP contribution in [-0.2, 0) is 0 Å². The Bertz CT molecular complexity index is 862. The van der Waals surface area contributed by atoms with Gasteiger partial charge in [0.05, 0.1) is 4.92 Å². The Hall–Kier alpha value is -3.00. The molecule has 140 valence electrons. The van der Waals surface area contributed by atoms with Crippen molar-refractivity contribution in [3.8, 4) is 0 Å². The number of carbonyl (C=O) groups excluding carboxylic acids is 1. The predicted octanol–water partition coefficient (Wildman–Crippen LogP) is 3.32. The number of thiocarbonyl (C=S) groups is 1. The highest BCUT2D eigenvalue weighted by Crippen LogP contribution is 2.20. The first kappa shape index (κ1) is 18.8. The Morgan fingerprint density at radius 3 is 2.37 bits per heavy atom. The molecule has 7 nitrogen and oxygen atoms in total. The van der Waals surface area contributed by atoms with E-state index in [2.05, 4.69) is 15.1 Å². The smallest absolute Gasteiger partial charge is 0.271 e. The van der Waals surface area contributed by atoms with Gasteiger partial charge in [0, 0.05) is 55.2 Å². The highest BCUT2D eigenvalue weighted by molar-refractivity contribution is 7.80. The highest BCUT2D eigenvalue weighted by Gasteiger charge is 2.19. The molecule has 8 heteroatoms. The molecule has 1 heterocycles. The largest absolute Gasteiger partial charge is 0.368 e. The molecule has 0 atom stereocenters. The van der Waals surface area contributed by atoms with Crippen molar-refractivity contribution in [3.05, 3.63) is 64.2 Å². The number of hydrogen-bond acceptors (Lipinski definition) is 5. The van der Waals surface area contributed by atoms with Crippen molar-refractivity contribution in [2.45, 2.75) is 6.92 Å². The molecule has 0 saturated carbocycles. The fraction of sp³-hybridized carbons (Fsp3) is 0.263. The summed E-state index contributed by atoms with van der Waals surface area (Å²) in [5.41, 5.74) is 2.43. The summed E-state index contributed by atoms with van der Waals surface area (Å²) >= 11 is 5.45. The molecular weight excluding hydrogens is 364 g/mol. The summed E-state index contributed by atoms with van der Waals surface area (Å²) in [6.45, 7) is 4.65. The lowest BCUT2D eigenvalue weighted by atomic mass is 10.1. The van der Waals surface area contributed by atoms with Crippen molar-refractivity contribution in [1.82, 2.24) is 4.90 Å². The fourth-order valence-corrected chi connectivity index (χ4v) is 3.27. The van der Waals surface area contributed by atoms with Gasteiger partial charge in [-0.05, 0) is 49.5 Å². The zero-order valence-electron chi connectivity index (χ0n) is 14.9. The number of nitrogens with zero attached hydrogens (tertiary/aromatic N) is 3. The fourth-order valence-electron chi connectivity index (χ4n) is 2.97. The van der Waals surface area contributed by atoms with E-state index in [0.29, 0.717) is 16.4 Å². The number of anilines is 2. The van der Waals surface area contributed by atoms with Crippen molar-refractivity contribution >= 4 is 40.2 Å². The first-order chi connectivity index (χ1) is 12.9. The van der Waals surface area contributed by atoms with Crippen molar-refractivity contribution in [2.75, 3.05) is 36.4 Å². The molecule has 0 radical (unpaired) electrons. The summed E-state index contributed by atoms with van der Waals surface area (Å²) in [6.07, 6.45) is 0. The van der Waals surface area contributed by atoms with Crippen LogP contribution in [0.2, 0.25) is 0 Å². The third-order valence-electron chi connectivity index (χ3n) is 4.51. The van der Waals surface area contributed by atoms with E-state index in [1.807, 2.05) is 24.3 Å². The Balaban J connectivity index is 1.57. The molecule has 0 aromatic heterocycles. The van der Waals surface area contributed by atoms with Gasteiger partial charge in [0.1, 0.15) is 0 Å². The van der Waals surface area contributed by atoms with Gasteiger partial charge in [0.15, 0.2) is 10.9 Å². The Morgan fingerprint density at radius 1 is 1.11 bits per heavy atom. The number of non-ortho nitro benzene ring substituents is 1. The standard InChI is InChI=1S/C19H20N4O3S/c1-14(24)15-5-7-17(8-6-15)21-9-11-22(12-10-21)19(27)20-16-3-2-4-18(13-16)23(25)26/h2-8,13H,9-12H2,1H3,(H,20,27). The van der Waals surface area contributed by atoms with E-state index >= 15 is 0 Å². The average molecular weight is 384 g/mol. The monoisotopic (exact) mass is 384 g/mol. The lowest BCUT2D eigenvalue weighted by Gasteiger charge is -2.37. The van der Waals surface area contributed by atoms with Crippen LogP contribution < -0.4 is 10.2 Å². The topological polar surface area (TPSA) is 78.7 Å². The quantitative estimate of drug-likeness (QED) is 0.375. The van der Waals surface area contributed by atoms with E-state index in [1.54, 1.807) is 19.1 Å². The molecule has 2 aromatic carbocycles. The van der Waals surface area contributed by atoms with Gasteiger partial charge in [-0.2, -0.15) is 0 Å². The average Bonchev–Trinajstić information content (AvgIpc) is 2.68. The molecule has 1 fully saturated rings. The van der Waals surface area contributed by atoms with E-state index in [1.165, 1.54) is 12.1 Å². The number of benzene rings is 2. The van der Waals surface area contributed by atoms with Gasteiger partial charge >= 0.3 is 0 Å². The van der Waals surface area contributed by atoms with Gasteiger partial charge in [-0.1, -0.05) is 6.07 Å². The van der Waals surface area contributed by atoms with Gasteiger partial charge in [-0.15, -0.1) is 0 Å². The molecular formula is C19H20N4O3S. The van der Waals surface area contributed by atoms with Crippen LogP contribution in [0.25, 0.3) is 0 Å². The number of Topliss-reactive ketones (excluding diaryl/α,β-unsaturated/α-hetero) is 1. The van der Waals surface area contributed by atoms with Crippen LogP contribution in [-0.4, -0.2) is 46.9 Å². The molecule has 27 heavy (non-hydrogen) atoms. The number of piperazine rings is 1. The minimum absolute atomic E-state index is 0.0293. The number of nitro groups is 1. The summed E-state index contributed by atoms with van der Waals surface area (Å²) < 4.78 is 0. The minimum atomic E-state index is -0.426. The van der Waals surface area contributed by atoms with Crippen molar-refractivity contribution < 1.29 is 9.72 Å². The molecule has 1 aliphatic heterocycles. The zero-order chi connectivity index (χ0) is 19.4. The molecule has 0 amide bonds. The highest BCUT2D eigenvalue weighted by atomic mass is 32.1. The Kier molecular flexibility index (Phi) is 5.66. The molecule has 0 unspecified atom stereocenters.